The van der Waals surface area contributed by atoms with Crippen molar-refractivity contribution in [2.24, 2.45) is 7.05 Å². The van der Waals surface area contributed by atoms with Crippen LogP contribution in [0.25, 0.3) is 10.9 Å². The van der Waals surface area contributed by atoms with E-state index in [-0.39, 0.29) is 5.54 Å². The molecule has 0 unspecified atom stereocenters. The summed E-state index contributed by atoms with van der Waals surface area (Å²) in [4.78, 5) is 0. The van der Waals surface area contributed by atoms with Gasteiger partial charge in [0.25, 0.3) is 0 Å². The molecule has 2 heteroatoms. The molecule has 0 radical (unpaired) electrons. The standard InChI is InChI=1S/C15H20N2/c1-10-6-5-7-11-12-9-16-15(2,3)8-13(12)17(4)14(10)11/h5-7,16H,8-9H2,1-4H3. The highest BCUT2D eigenvalue weighted by atomic mass is 15.0. The lowest BCUT2D eigenvalue weighted by molar-refractivity contribution is 0.356. The molecule has 17 heavy (non-hydrogen) atoms. The molecule has 1 aromatic heterocycles. The molecule has 2 heterocycles. The van der Waals surface area contributed by atoms with Gasteiger partial charge in [0.05, 0.1) is 5.52 Å². The van der Waals surface area contributed by atoms with Crippen LogP contribution in [0.15, 0.2) is 18.2 Å². The van der Waals surface area contributed by atoms with Crippen molar-refractivity contribution in [1.82, 2.24) is 9.88 Å². The van der Waals surface area contributed by atoms with Gasteiger partial charge in [0, 0.05) is 36.6 Å². The number of aromatic nitrogens is 1. The Labute approximate surface area is 103 Å². The minimum Gasteiger partial charge on any atom is -0.347 e. The summed E-state index contributed by atoms with van der Waals surface area (Å²) in [7, 11) is 2.20. The summed E-state index contributed by atoms with van der Waals surface area (Å²) in [5.74, 6) is 0. The zero-order valence-electron chi connectivity index (χ0n) is 11.1. The number of fused-ring (bicyclic) bond motifs is 3. The largest absolute Gasteiger partial charge is 0.347 e. The maximum atomic E-state index is 3.63. The van der Waals surface area contributed by atoms with Crippen molar-refractivity contribution in [2.75, 3.05) is 0 Å². The first kappa shape index (κ1) is 10.8. The van der Waals surface area contributed by atoms with Crippen LogP contribution in [-0.4, -0.2) is 10.1 Å². The Morgan fingerprint density at radius 1 is 1.29 bits per heavy atom. The fourth-order valence-electron chi connectivity index (χ4n) is 3.07. The van der Waals surface area contributed by atoms with Crippen molar-refractivity contribution in [3.63, 3.8) is 0 Å². The molecule has 90 valence electrons. The van der Waals surface area contributed by atoms with Crippen LogP contribution in [0.1, 0.15) is 30.7 Å². The molecular formula is C15H20N2. The SMILES string of the molecule is Cc1cccc2c3c(n(C)c12)CC(C)(C)NC3. The summed E-state index contributed by atoms with van der Waals surface area (Å²) >= 11 is 0. The lowest BCUT2D eigenvalue weighted by Crippen LogP contribution is -2.44. The molecule has 1 aromatic carbocycles. The number of para-hydroxylation sites is 1. The molecule has 0 aliphatic carbocycles. The fraction of sp³-hybridized carbons (Fsp3) is 0.467. The van der Waals surface area contributed by atoms with Gasteiger partial charge in [-0.15, -0.1) is 0 Å². The van der Waals surface area contributed by atoms with E-state index in [2.05, 4.69) is 55.9 Å². The van der Waals surface area contributed by atoms with Crippen LogP contribution >= 0.6 is 0 Å². The topological polar surface area (TPSA) is 17.0 Å². The quantitative estimate of drug-likeness (QED) is 0.733. The molecule has 0 atom stereocenters. The van der Waals surface area contributed by atoms with E-state index >= 15 is 0 Å². The summed E-state index contributed by atoms with van der Waals surface area (Å²) in [6, 6.07) is 6.62. The zero-order valence-corrected chi connectivity index (χ0v) is 11.1. The Morgan fingerprint density at radius 3 is 2.82 bits per heavy atom. The van der Waals surface area contributed by atoms with Gasteiger partial charge in [0.1, 0.15) is 0 Å². The Balaban J connectivity index is 2.32. The molecule has 2 nitrogen and oxygen atoms in total. The monoisotopic (exact) mass is 228 g/mol. The predicted molar refractivity (Wildman–Crippen MR) is 72.3 cm³/mol. The predicted octanol–water partition coefficient (Wildman–Crippen LogP) is 2.91. The van der Waals surface area contributed by atoms with Crippen LogP contribution in [-0.2, 0) is 20.0 Å². The van der Waals surface area contributed by atoms with Crippen molar-refractivity contribution < 1.29 is 0 Å². The Bertz CT molecular complexity index is 590. The van der Waals surface area contributed by atoms with E-state index in [1.807, 2.05) is 0 Å². The van der Waals surface area contributed by atoms with Gasteiger partial charge in [-0.25, -0.2) is 0 Å². The van der Waals surface area contributed by atoms with Crippen molar-refractivity contribution in [2.45, 2.75) is 39.3 Å². The number of aryl methyl sites for hydroxylation is 2. The van der Waals surface area contributed by atoms with Gasteiger partial charge in [0.2, 0.25) is 0 Å². The maximum absolute atomic E-state index is 3.63. The first-order chi connectivity index (χ1) is 7.99. The molecule has 0 bridgehead atoms. The average Bonchev–Trinajstić information content (AvgIpc) is 2.52. The van der Waals surface area contributed by atoms with Crippen LogP contribution < -0.4 is 5.32 Å². The van der Waals surface area contributed by atoms with Crippen LogP contribution in [0.4, 0.5) is 0 Å². The molecular weight excluding hydrogens is 208 g/mol. The third-order valence-electron chi connectivity index (χ3n) is 4.00. The third-order valence-corrected chi connectivity index (χ3v) is 4.00. The van der Waals surface area contributed by atoms with Gasteiger partial charge in [0.15, 0.2) is 0 Å². The van der Waals surface area contributed by atoms with Gasteiger partial charge in [-0.05, 0) is 31.9 Å². The van der Waals surface area contributed by atoms with E-state index in [0.717, 1.165) is 13.0 Å². The van der Waals surface area contributed by atoms with E-state index in [4.69, 9.17) is 0 Å². The minimum absolute atomic E-state index is 0.211. The van der Waals surface area contributed by atoms with Crippen molar-refractivity contribution in [3.8, 4) is 0 Å². The van der Waals surface area contributed by atoms with Crippen molar-refractivity contribution >= 4 is 10.9 Å². The third kappa shape index (κ3) is 1.51. The number of nitrogens with one attached hydrogen (secondary N) is 1. The molecule has 2 aromatic rings. The molecule has 3 rings (SSSR count). The molecule has 1 aliphatic heterocycles. The van der Waals surface area contributed by atoms with Crippen LogP contribution in [0.2, 0.25) is 0 Å². The second-order valence-corrected chi connectivity index (χ2v) is 5.87. The number of hydrogen-bond donors (Lipinski definition) is 1. The highest BCUT2D eigenvalue weighted by Crippen LogP contribution is 2.32. The lowest BCUT2D eigenvalue weighted by Gasteiger charge is -2.32. The second kappa shape index (κ2) is 3.36. The number of hydrogen-bond acceptors (Lipinski definition) is 1. The smallest absolute Gasteiger partial charge is 0.0512 e. The fourth-order valence-corrected chi connectivity index (χ4v) is 3.07. The number of benzene rings is 1. The normalized spacial score (nSPS) is 18.4. The average molecular weight is 228 g/mol. The summed E-state index contributed by atoms with van der Waals surface area (Å²) in [5, 5.41) is 5.05. The molecule has 0 amide bonds. The zero-order chi connectivity index (χ0) is 12.2. The summed E-state index contributed by atoms with van der Waals surface area (Å²) < 4.78 is 2.39. The summed E-state index contributed by atoms with van der Waals surface area (Å²) in [5.41, 5.74) is 5.97. The van der Waals surface area contributed by atoms with Gasteiger partial charge in [-0.1, -0.05) is 18.2 Å². The van der Waals surface area contributed by atoms with Crippen LogP contribution in [0, 0.1) is 6.92 Å². The van der Waals surface area contributed by atoms with E-state index in [1.54, 1.807) is 0 Å². The molecule has 0 spiro atoms. The minimum atomic E-state index is 0.211. The Morgan fingerprint density at radius 2 is 2.06 bits per heavy atom. The van der Waals surface area contributed by atoms with E-state index in [9.17, 15) is 0 Å². The van der Waals surface area contributed by atoms with E-state index in [0.29, 0.717) is 0 Å². The maximum Gasteiger partial charge on any atom is 0.0512 e. The molecule has 0 saturated carbocycles. The van der Waals surface area contributed by atoms with Crippen molar-refractivity contribution in [1.29, 1.82) is 0 Å². The van der Waals surface area contributed by atoms with Gasteiger partial charge in [-0.2, -0.15) is 0 Å². The lowest BCUT2D eigenvalue weighted by atomic mass is 9.91. The molecule has 0 fully saturated rings. The van der Waals surface area contributed by atoms with Crippen molar-refractivity contribution in [3.05, 3.63) is 35.0 Å². The van der Waals surface area contributed by atoms with E-state index < -0.39 is 0 Å². The first-order valence-electron chi connectivity index (χ1n) is 6.30. The van der Waals surface area contributed by atoms with Crippen LogP contribution in [0.5, 0.6) is 0 Å². The number of rotatable bonds is 0. The molecule has 0 saturated heterocycles. The molecule has 1 N–H and O–H groups in total. The Kier molecular flexibility index (Phi) is 2.14. The van der Waals surface area contributed by atoms with Gasteiger partial charge < -0.3 is 9.88 Å². The summed E-state index contributed by atoms with van der Waals surface area (Å²) in [6.07, 6.45) is 1.10. The summed E-state index contributed by atoms with van der Waals surface area (Å²) in [6.45, 7) is 7.75. The molecule has 1 aliphatic rings. The Hall–Kier alpha value is -1.28. The van der Waals surface area contributed by atoms with Gasteiger partial charge in [-0.3, -0.25) is 0 Å². The van der Waals surface area contributed by atoms with Gasteiger partial charge >= 0.3 is 0 Å². The highest BCUT2D eigenvalue weighted by Gasteiger charge is 2.28. The first-order valence-corrected chi connectivity index (χ1v) is 6.30. The highest BCUT2D eigenvalue weighted by molar-refractivity contribution is 5.88. The van der Waals surface area contributed by atoms with E-state index in [1.165, 1.54) is 27.7 Å². The second-order valence-electron chi connectivity index (χ2n) is 5.87. The van der Waals surface area contributed by atoms with Crippen LogP contribution in [0.3, 0.4) is 0 Å². The number of nitrogens with zero attached hydrogens (tertiary/aromatic N) is 1.